The van der Waals surface area contributed by atoms with E-state index in [0.29, 0.717) is 6.10 Å². The lowest BCUT2D eigenvalue weighted by molar-refractivity contribution is -0.917. The fraction of sp³-hybridized carbons (Fsp3) is 0.647. The minimum Gasteiger partial charge on any atom is -0.497 e. The number of nitrogens with one attached hydrogen (secondary N) is 1. The Morgan fingerprint density at radius 3 is 2.76 bits per heavy atom. The summed E-state index contributed by atoms with van der Waals surface area (Å²) in [5.74, 6) is 1.68. The monoisotopic (exact) mass is 294 g/mol. The normalized spacial score (nSPS) is 22.5. The van der Waals surface area contributed by atoms with E-state index in [9.17, 15) is 0 Å². The maximum absolute atomic E-state index is 5.89. The van der Waals surface area contributed by atoms with Crippen molar-refractivity contribution in [3.63, 3.8) is 0 Å². The quantitative estimate of drug-likeness (QED) is 0.725. The van der Waals surface area contributed by atoms with Gasteiger partial charge in [0.1, 0.15) is 31.9 Å². The molecule has 21 heavy (non-hydrogen) atoms. The molecule has 1 heterocycles. The first-order valence-corrected chi connectivity index (χ1v) is 8.07. The zero-order chi connectivity index (χ0) is 15.1. The van der Waals surface area contributed by atoms with Crippen molar-refractivity contribution >= 4 is 0 Å². The third-order valence-corrected chi connectivity index (χ3v) is 3.99. The van der Waals surface area contributed by atoms with Gasteiger partial charge in [0.05, 0.1) is 20.3 Å². The fourth-order valence-corrected chi connectivity index (χ4v) is 2.96. The maximum atomic E-state index is 5.89. The molecule has 0 amide bonds. The average molecular weight is 294 g/mol. The van der Waals surface area contributed by atoms with Crippen molar-refractivity contribution in [3.8, 4) is 5.75 Å². The summed E-state index contributed by atoms with van der Waals surface area (Å²) in [6, 6.07) is 8.31. The first-order chi connectivity index (χ1) is 10.2. The molecule has 3 N–H and O–H groups in total. The number of morpholine rings is 1. The van der Waals surface area contributed by atoms with Crippen molar-refractivity contribution < 1.29 is 19.7 Å². The van der Waals surface area contributed by atoms with Gasteiger partial charge in [-0.2, -0.15) is 0 Å². The highest BCUT2D eigenvalue weighted by Crippen LogP contribution is 2.10. The SMILES string of the molecule is COc1ccc(C[NH2+]C[C@@H]2C[NH+](CC(C)C)CCO2)cc1. The molecule has 2 rings (SSSR count). The lowest BCUT2D eigenvalue weighted by Gasteiger charge is -2.30. The van der Waals surface area contributed by atoms with Crippen molar-refractivity contribution in [2.75, 3.05) is 39.9 Å². The van der Waals surface area contributed by atoms with E-state index in [1.54, 1.807) is 12.0 Å². The van der Waals surface area contributed by atoms with Crippen LogP contribution < -0.4 is 15.0 Å². The summed E-state index contributed by atoms with van der Waals surface area (Å²) in [5, 5.41) is 2.35. The molecule has 1 fully saturated rings. The first-order valence-electron chi connectivity index (χ1n) is 8.07. The molecule has 1 aromatic carbocycles. The van der Waals surface area contributed by atoms with E-state index in [1.807, 2.05) is 12.1 Å². The second-order valence-corrected chi connectivity index (χ2v) is 6.37. The van der Waals surface area contributed by atoms with Gasteiger partial charge in [-0.15, -0.1) is 0 Å². The second-order valence-electron chi connectivity index (χ2n) is 6.37. The van der Waals surface area contributed by atoms with Gasteiger partial charge in [-0.05, 0) is 24.3 Å². The Balaban J connectivity index is 1.69. The molecular formula is C17H30N2O2+2. The van der Waals surface area contributed by atoms with E-state index >= 15 is 0 Å². The highest BCUT2D eigenvalue weighted by atomic mass is 16.5. The molecule has 1 aliphatic rings. The van der Waals surface area contributed by atoms with Gasteiger partial charge >= 0.3 is 0 Å². The zero-order valence-corrected chi connectivity index (χ0v) is 13.6. The van der Waals surface area contributed by atoms with Crippen molar-refractivity contribution in [1.29, 1.82) is 0 Å². The molecule has 0 aromatic heterocycles. The Labute approximate surface area is 128 Å². The first kappa shape index (κ1) is 16.3. The van der Waals surface area contributed by atoms with Gasteiger partial charge in [-0.1, -0.05) is 13.8 Å². The number of methoxy groups -OCH3 is 1. The van der Waals surface area contributed by atoms with E-state index in [4.69, 9.17) is 9.47 Å². The number of nitrogens with two attached hydrogens (primary N) is 1. The molecule has 0 bridgehead atoms. The van der Waals surface area contributed by atoms with E-state index in [1.165, 1.54) is 12.1 Å². The summed E-state index contributed by atoms with van der Waals surface area (Å²) in [6.45, 7) is 11.1. The number of hydrogen-bond acceptors (Lipinski definition) is 2. The number of rotatable bonds is 7. The predicted octanol–water partition coefficient (Wildman–Crippen LogP) is -0.302. The molecule has 1 saturated heterocycles. The molecule has 2 atom stereocenters. The summed E-state index contributed by atoms with van der Waals surface area (Å²) in [7, 11) is 1.70. The molecule has 0 saturated carbocycles. The molecule has 4 heteroatoms. The van der Waals surface area contributed by atoms with Crippen LogP contribution >= 0.6 is 0 Å². The van der Waals surface area contributed by atoms with Crippen LogP contribution in [-0.4, -0.2) is 46.0 Å². The van der Waals surface area contributed by atoms with Crippen molar-refractivity contribution in [1.82, 2.24) is 0 Å². The molecule has 4 nitrogen and oxygen atoms in total. The van der Waals surface area contributed by atoms with Crippen LogP contribution in [0.1, 0.15) is 19.4 Å². The van der Waals surface area contributed by atoms with Crippen LogP contribution in [0.5, 0.6) is 5.75 Å². The van der Waals surface area contributed by atoms with Gasteiger partial charge in [0.15, 0.2) is 6.10 Å². The molecule has 1 unspecified atom stereocenters. The van der Waals surface area contributed by atoms with Gasteiger partial charge < -0.3 is 19.7 Å². The second kappa shape index (κ2) is 8.37. The van der Waals surface area contributed by atoms with E-state index in [2.05, 4.69) is 31.3 Å². The van der Waals surface area contributed by atoms with Crippen molar-refractivity contribution in [3.05, 3.63) is 29.8 Å². The molecule has 1 aliphatic heterocycles. The highest BCUT2D eigenvalue weighted by Gasteiger charge is 2.25. The molecule has 0 spiro atoms. The summed E-state index contributed by atoms with van der Waals surface area (Å²) in [4.78, 5) is 1.69. The Morgan fingerprint density at radius 2 is 2.10 bits per heavy atom. The molecular weight excluding hydrogens is 264 g/mol. The minimum atomic E-state index is 0.394. The van der Waals surface area contributed by atoms with Gasteiger partial charge in [0.25, 0.3) is 0 Å². The maximum Gasteiger partial charge on any atom is 0.155 e. The van der Waals surface area contributed by atoms with Crippen LogP contribution in [0.4, 0.5) is 0 Å². The van der Waals surface area contributed by atoms with Crippen LogP contribution in [0.3, 0.4) is 0 Å². The van der Waals surface area contributed by atoms with Crippen molar-refractivity contribution in [2.45, 2.75) is 26.5 Å². The Kier molecular flexibility index (Phi) is 6.49. The average Bonchev–Trinajstić information content (AvgIpc) is 2.48. The largest absolute Gasteiger partial charge is 0.497 e. The number of hydrogen-bond donors (Lipinski definition) is 2. The van der Waals surface area contributed by atoms with Gasteiger partial charge in [-0.3, -0.25) is 0 Å². The molecule has 0 aliphatic carbocycles. The summed E-state index contributed by atoms with van der Waals surface area (Å²) < 4.78 is 11.1. The van der Waals surface area contributed by atoms with Crippen LogP contribution in [0.15, 0.2) is 24.3 Å². The summed E-state index contributed by atoms with van der Waals surface area (Å²) >= 11 is 0. The standard InChI is InChI=1S/C17H28N2O2/c1-14(2)12-19-8-9-21-17(13-19)11-18-10-15-4-6-16(20-3)7-5-15/h4-7,14,17-18H,8-13H2,1-3H3/p+2/t17-/m1/s1. The van der Waals surface area contributed by atoms with Crippen LogP contribution in [0.25, 0.3) is 0 Å². The van der Waals surface area contributed by atoms with Gasteiger partial charge in [0, 0.05) is 11.5 Å². The smallest absolute Gasteiger partial charge is 0.155 e. The molecule has 1 aromatic rings. The zero-order valence-electron chi connectivity index (χ0n) is 13.6. The number of benzene rings is 1. The lowest BCUT2D eigenvalue weighted by Crippen LogP contribution is -3.16. The number of ether oxygens (including phenoxy) is 2. The lowest BCUT2D eigenvalue weighted by atomic mass is 10.1. The van der Waals surface area contributed by atoms with E-state index in [0.717, 1.165) is 44.5 Å². The fourth-order valence-electron chi connectivity index (χ4n) is 2.96. The van der Waals surface area contributed by atoms with Gasteiger partial charge in [0.2, 0.25) is 0 Å². The van der Waals surface area contributed by atoms with E-state index < -0.39 is 0 Å². The third kappa shape index (κ3) is 5.65. The minimum absolute atomic E-state index is 0.394. The summed E-state index contributed by atoms with van der Waals surface area (Å²) in [6.07, 6.45) is 0.394. The highest BCUT2D eigenvalue weighted by molar-refractivity contribution is 5.26. The summed E-state index contributed by atoms with van der Waals surface area (Å²) in [5.41, 5.74) is 1.33. The predicted molar refractivity (Wildman–Crippen MR) is 83.6 cm³/mol. The van der Waals surface area contributed by atoms with Crippen LogP contribution in [0, 0.1) is 5.92 Å². The third-order valence-electron chi connectivity index (χ3n) is 3.99. The topological polar surface area (TPSA) is 39.5 Å². The van der Waals surface area contributed by atoms with Gasteiger partial charge in [-0.25, -0.2) is 0 Å². The molecule has 118 valence electrons. The molecule has 0 radical (unpaired) electrons. The van der Waals surface area contributed by atoms with Crippen LogP contribution in [0.2, 0.25) is 0 Å². The number of quaternary nitrogens is 2. The Hall–Kier alpha value is -1.10. The van der Waals surface area contributed by atoms with Crippen LogP contribution in [-0.2, 0) is 11.3 Å². The Morgan fingerprint density at radius 1 is 1.33 bits per heavy atom. The van der Waals surface area contributed by atoms with Crippen molar-refractivity contribution in [2.24, 2.45) is 5.92 Å². The van der Waals surface area contributed by atoms with E-state index in [-0.39, 0.29) is 0 Å². The Bertz CT molecular complexity index is 406.